The summed E-state index contributed by atoms with van der Waals surface area (Å²) in [7, 11) is 10.1. The first-order valence-corrected chi connectivity index (χ1v) is 13.1. The maximum atomic E-state index is 13.1. The molecule has 1 aliphatic rings. The minimum absolute atomic E-state index is 0.218. The van der Waals surface area contributed by atoms with Crippen molar-refractivity contribution in [2.75, 3.05) is 52.8 Å². The number of methoxy groups -OCH3 is 4. The second-order valence-electron chi connectivity index (χ2n) is 9.18. The van der Waals surface area contributed by atoms with Crippen molar-refractivity contribution in [2.24, 2.45) is 0 Å². The minimum atomic E-state index is -0.323. The Kier molecular flexibility index (Phi) is 8.72. The molecule has 2 N–H and O–H groups in total. The molecule has 3 aromatic rings. The van der Waals surface area contributed by atoms with E-state index in [1.807, 2.05) is 49.3 Å². The molecule has 0 saturated heterocycles. The smallest absolute Gasteiger partial charge is 0.220 e. The number of benzene rings is 2. The van der Waals surface area contributed by atoms with Crippen LogP contribution < -0.4 is 39.9 Å². The number of thiocarbonyl (C=S) groups is 1. The Morgan fingerprint density at radius 3 is 2.21 bits per heavy atom. The molecule has 206 valence electrons. The summed E-state index contributed by atoms with van der Waals surface area (Å²) in [6.07, 6.45) is 1.15. The van der Waals surface area contributed by atoms with Gasteiger partial charge in [0.15, 0.2) is 22.4 Å². The third-order valence-corrected chi connectivity index (χ3v) is 7.37. The van der Waals surface area contributed by atoms with E-state index in [4.69, 9.17) is 42.8 Å². The van der Waals surface area contributed by atoms with Crippen molar-refractivity contribution in [3.8, 4) is 34.1 Å². The number of fused-ring (bicyclic) bond motifs is 3. The van der Waals surface area contributed by atoms with Crippen LogP contribution in [0.15, 0.2) is 47.3 Å². The Labute approximate surface area is 238 Å². The van der Waals surface area contributed by atoms with Crippen molar-refractivity contribution < 1.29 is 18.9 Å². The van der Waals surface area contributed by atoms with E-state index in [0.717, 1.165) is 33.6 Å². The number of ether oxygens (including phenoxy) is 4. The standard InChI is InChI=1S/C29H32ClN3O5S/c1-33(2)17-9-7-16(8-10-17)31-29(39)32-21-13-11-19-24(18-12-14-23(35-3)22(34)15-20(18)21)26(36-4)28(38-6)27(37-5)25(19)30/h7-10,12,14-15,21H,11,13H2,1-6H3,(H2,31,32,39)/t21-/m0/s1. The van der Waals surface area contributed by atoms with Crippen molar-refractivity contribution in [1.82, 2.24) is 5.32 Å². The zero-order valence-electron chi connectivity index (χ0n) is 22.8. The summed E-state index contributed by atoms with van der Waals surface area (Å²) in [4.78, 5) is 15.1. The van der Waals surface area contributed by atoms with Gasteiger partial charge in [0.2, 0.25) is 11.2 Å². The van der Waals surface area contributed by atoms with Crippen LogP contribution in [0.2, 0.25) is 5.02 Å². The number of halogens is 1. The van der Waals surface area contributed by atoms with Gasteiger partial charge in [0, 0.05) is 31.0 Å². The topological polar surface area (TPSA) is 81.3 Å². The average molecular weight is 570 g/mol. The molecule has 0 aliphatic heterocycles. The lowest BCUT2D eigenvalue weighted by molar-refractivity contribution is 0.325. The van der Waals surface area contributed by atoms with Crippen LogP contribution in [-0.2, 0) is 6.42 Å². The lowest BCUT2D eigenvalue weighted by Gasteiger charge is -2.22. The maximum Gasteiger partial charge on any atom is 0.220 e. The van der Waals surface area contributed by atoms with Crippen LogP contribution in [0.1, 0.15) is 23.6 Å². The number of rotatable bonds is 7. The minimum Gasteiger partial charge on any atom is -0.493 e. The number of hydrogen-bond acceptors (Lipinski definition) is 7. The Morgan fingerprint density at radius 2 is 1.62 bits per heavy atom. The summed E-state index contributed by atoms with van der Waals surface area (Å²) < 4.78 is 22.5. The molecular formula is C29H32ClN3O5S. The van der Waals surface area contributed by atoms with E-state index in [1.54, 1.807) is 19.2 Å². The van der Waals surface area contributed by atoms with Gasteiger partial charge in [-0.15, -0.1) is 0 Å². The van der Waals surface area contributed by atoms with Gasteiger partial charge >= 0.3 is 0 Å². The molecule has 0 spiro atoms. The second-order valence-corrected chi connectivity index (χ2v) is 9.96. The van der Waals surface area contributed by atoms with E-state index in [1.165, 1.54) is 21.3 Å². The fourth-order valence-electron chi connectivity index (χ4n) is 4.86. The van der Waals surface area contributed by atoms with Crippen molar-refractivity contribution in [2.45, 2.75) is 18.9 Å². The van der Waals surface area contributed by atoms with Crippen molar-refractivity contribution in [3.05, 3.63) is 68.8 Å². The number of nitrogens with zero attached hydrogens (tertiary/aromatic N) is 1. The monoisotopic (exact) mass is 569 g/mol. The average Bonchev–Trinajstić information content (AvgIpc) is 3.17. The van der Waals surface area contributed by atoms with E-state index < -0.39 is 0 Å². The largest absolute Gasteiger partial charge is 0.493 e. The van der Waals surface area contributed by atoms with Crippen LogP contribution in [0.4, 0.5) is 11.4 Å². The molecule has 0 heterocycles. The highest BCUT2D eigenvalue weighted by atomic mass is 35.5. The van der Waals surface area contributed by atoms with Gasteiger partial charge in [0.25, 0.3) is 0 Å². The molecule has 1 atom stereocenters. The predicted octanol–water partition coefficient (Wildman–Crippen LogP) is 5.44. The Balaban J connectivity index is 1.83. The molecule has 0 bridgehead atoms. The van der Waals surface area contributed by atoms with Gasteiger partial charge in [-0.1, -0.05) is 17.7 Å². The molecule has 4 rings (SSSR count). The molecule has 0 saturated carbocycles. The van der Waals surface area contributed by atoms with Crippen molar-refractivity contribution in [1.29, 1.82) is 0 Å². The number of anilines is 2. The Bertz CT molecular complexity index is 1450. The second kappa shape index (κ2) is 12.0. The summed E-state index contributed by atoms with van der Waals surface area (Å²) in [5, 5.41) is 7.52. The quantitative estimate of drug-likeness (QED) is 0.361. The highest BCUT2D eigenvalue weighted by Crippen LogP contribution is 2.54. The third-order valence-electron chi connectivity index (χ3n) is 6.75. The maximum absolute atomic E-state index is 13.1. The zero-order valence-corrected chi connectivity index (χ0v) is 24.4. The van der Waals surface area contributed by atoms with E-state index >= 15 is 0 Å². The van der Waals surface area contributed by atoms with Gasteiger partial charge in [-0.05, 0) is 78.1 Å². The van der Waals surface area contributed by atoms with Crippen LogP contribution in [0.3, 0.4) is 0 Å². The van der Waals surface area contributed by atoms with Crippen LogP contribution in [-0.4, -0.2) is 47.6 Å². The van der Waals surface area contributed by atoms with Crippen molar-refractivity contribution >= 4 is 40.3 Å². The molecule has 0 radical (unpaired) electrons. The number of hydrogen-bond donors (Lipinski definition) is 2. The van der Waals surface area contributed by atoms with Crippen LogP contribution in [0.25, 0.3) is 11.1 Å². The first kappa shape index (κ1) is 28.3. The summed E-state index contributed by atoms with van der Waals surface area (Å²) in [5.41, 5.74) is 4.71. The molecule has 0 fully saturated rings. The molecule has 8 nitrogen and oxygen atoms in total. The number of nitrogens with one attached hydrogen (secondary N) is 2. The fourth-order valence-corrected chi connectivity index (χ4v) is 5.47. The third kappa shape index (κ3) is 5.55. The normalized spacial score (nSPS) is 13.8. The molecule has 0 unspecified atom stereocenters. The van der Waals surface area contributed by atoms with E-state index in [9.17, 15) is 4.79 Å². The van der Waals surface area contributed by atoms with Gasteiger partial charge in [-0.2, -0.15) is 0 Å². The van der Waals surface area contributed by atoms with Crippen molar-refractivity contribution in [3.63, 3.8) is 0 Å². The molecule has 1 aliphatic carbocycles. The van der Waals surface area contributed by atoms with E-state index in [2.05, 4.69) is 10.6 Å². The predicted molar refractivity (Wildman–Crippen MR) is 161 cm³/mol. The molecule has 0 amide bonds. The first-order chi connectivity index (χ1) is 18.7. The van der Waals surface area contributed by atoms with Gasteiger partial charge in [0.1, 0.15) is 0 Å². The highest BCUT2D eigenvalue weighted by Gasteiger charge is 2.32. The van der Waals surface area contributed by atoms with E-state index in [0.29, 0.717) is 40.2 Å². The van der Waals surface area contributed by atoms with Crippen LogP contribution in [0, 0.1) is 0 Å². The fraction of sp³-hybridized carbons (Fsp3) is 0.310. The van der Waals surface area contributed by atoms with Crippen LogP contribution in [0.5, 0.6) is 23.0 Å². The summed E-state index contributed by atoms with van der Waals surface area (Å²) in [6.45, 7) is 0. The molecule has 39 heavy (non-hydrogen) atoms. The van der Waals surface area contributed by atoms with Gasteiger partial charge in [-0.25, -0.2) is 0 Å². The summed E-state index contributed by atoms with van der Waals surface area (Å²) in [6, 6.07) is 12.7. The van der Waals surface area contributed by atoms with Gasteiger partial charge in [-0.3, -0.25) is 4.79 Å². The Morgan fingerprint density at radius 1 is 0.949 bits per heavy atom. The molecule has 3 aromatic carbocycles. The lowest BCUT2D eigenvalue weighted by atomic mass is 9.95. The molecular weight excluding hydrogens is 538 g/mol. The van der Waals surface area contributed by atoms with Gasteiger partial charge in [0.05, 0.1) is 39.5 Å². The zero-order chi connectivity index (χ0) is 28.3. The lowest BCUT2D eigenvalue weighted by Crippen LogP contribution is -2.32. The summed E-state index contributed by atoms with van der Waals surface area (Å²) >= 11 is 12.6. The molecule has 10 heteroatoms. The van der Waals surface area contributed by atoms with E-state index in [-0.39, 0.29) is 17.2 Å². The first-order valence-electron chi connectivity index (χ1n) is 12.3. The highest BCUT2D eigenvalue weighted by molar-refractivity contribution is 7.80. The van der Waals surface area contributed by atoms with Gasteiger partial charge < -0.3 is 34.5 Å². The molecule has 0 aromatic heterocycles. The Hall–Kier alpha value is -3.69. The SMILES string of the molecule is COc1c(Cl)c2c(c(OC)c1OC)-c1ccc(OC)c(=O)cc1[C@@H](NC(=S)Nc1ccc(N(C)C)cc1)CC2. The summed E-state index contributed by atoms with van der Waals surface area (Å²) in [5.74, 6) is 1.45. The van der Waals surface area contributed by atoms with Crippen LogP contribution >= 0.6 is 23.8 Å².